The number of nitrogens with zero attached hydrogens (tertiary/aromatic N) is 1. The van der Waals surface area contributed by atoms with E-state index in [1.54, 1.807) is 19.1 Å². The van der Waals surface area contributed by atoms with Crippen LogP contribution in [0.25, 0.3) is 0 Å². The number of hydrogen-bond acceptors (Lipinski definition) is 4. The van der Waals surface area contributed by atoms with Gasteiger partial charge in [0.05, 0.1) is 11.2 Å². The topological polar surface area (TPSA) is 79.8 Å². The molecule has 6 nitrogen and oxygen atoms in total. The fraction of sp³-hybridized carbons (Fsp3) is 0.318. The van der Waals surface area contributed by atoms with Gasteiger partial charge in [-0.1, -0.05) is 65.1 Å². The van der Waals surface area contributed by atoms with Gasteiger partial charge in [-0.2, -0.15) is 5.10 Å². The maximum absolute atomic E-state index is 12.6. The number of halogens is 3. The number of ether oxygens (including phenoxy) is 1. The average Bonchev–Trinajstić information content (AvgIpc) is 2.69. The Hall–Kier alpha value is -2.09. The first-order valence-corrected chi connectivity index (χ1v) is 11.2. The van der Waals surface area contributed by atoms with E-state index in [0.717, 1.165) is 10.0 Å². The standard InChI is InChI=1S/C22H24BrCl2N3O3/c1-13(2)9-19(22(30)28-26-12-15-5-4-6-16(23)10-15)27-21(29)14(3)31-20-8-7-17(24)11-18(20)25/h4-8,10-14,19H,9H2,1-3H3,(H,27,29)(H,28,30)/b26-12-/t14-,19-/m0/s1. The molecule has 0 spiro atoms. The highest BCUT2D eigenvalue weighted by Crippen LogP contribution is 2.28. The van der Waals surface area contributed by atoms with E-state index in [4.69, 9.17) is 27.9 Å². The van der Waals surface area contributed by atoms with Crippen LogP contribution in [0.4, 0.5) is 0 Å². The van der Waals surface area contributed by atoms with E-state index in [1.807, 2.05) is 38.1 Å². The SMILES string of the molecule is CC(C)C[C@H](NC(=O)[C@H](C)Oc1ccc(Cl)cc1Cl)C(=O)N/N=C\c1cccc(Br)c1. The Morgan fingerprint density at radius 3 is 2.52 bits per heavy atom. The predicted molar refractivity (Wildman–Crippen MR) is 128 cm³/mol. The lowest BCUT2D eigenvalue weighted by atomic mass is 10.0. The van der Waals surface area contributed by atoms with E-state index >= 15 is 0 Å². The molecule has 2 N–H and O–H groups in total. The molecule has 0 radical (unpaired) electrons. The second-order valence-corrected chi connectivity index (χ2v) is 9.07. The normalized spacial score (nSPS) is 13.1. The Balaban J connectivity index is 2.00. The smallest absolute Gasteiger partial charge is 0.262 e. The Labute approximate surface area is 200 Å². The van der Waals surface area contributed by atoms with Crippen LogP contribution in [0.2, 0.25) is 10.0 Å². The van der Waals surface area contributed by atoms with Gasteiger partial charge < -0.3 is 10.1 Å². The summed E-state index contributed by atoms with van der Waals surface area (Å²) in [7, 11) is 0. The van der Waals surface area contributed by atoms with E-state index < -0.39 is 24.0 Å². The van der Waals surface area contributed by atoms with E-state index in [2.05, 4.69) is 31.8 Å². The number of benzene rings is 2. The molecule has 0 aliphatic rings. The van der Waals surface area contributed by atoms with Gasteiger partial charge in [0.2, 0.25) is 0 Å². The molecule has 0 aliphatic heterocycles. The third-order valence-electron chi connectivity index (χ3n) is 4.14. The lowest BCUT2D eigenvalue weighted by Crippen LogP contribution is -2.49. The maximum Gasteiger partial charge on any atom is 0.262 e. The first-order chi connectivity index (χ1) is 14.7. The van der Waals surface area contributed by atoms with Crippen LogP contribution in [0.3, 0.4) is 0 Å². The summed E-state index contributed by atoms with van der Waals surface area (Å²) >= 11 is 15.4. The molecule has 2 amide bonds. The Bertz CT molecular complexity index is 953. The van der Waals surface area contributed by atoms with Gasteiger partial charge in [-0.3, -0.25) is 9.59 Å². The van der Waals surface area contributed by atoms with Gasteiger partial charge in [-0.05, 0) is 55.2 Å². The van der Waals surface area contributed by atoms with Crippen LogP contribution in [-0.4, -0.2) is 30.2 Å². The molecule has 0 saturated carbocycles. The Morgan fingerprint density at radius 1 is 1.13 bits per heavy atom. The van der Waals surface area contributed by atoms with Crippen molar-refractivity contribution in [2.75, 3.05) is 0 Å². The molecule has 31 heavy (non-hydrogen) atoms. The Morgan fingerprint density at radius 2 is 1.87 bits per heavy atom. The molecule has 0 saturated heterocycles. The van der Waals surface area contributed by atoms with Crippen LogP contribution >= 0.6 is 39.1 Å². The van der Waals surface area contributed by atoms with E-state index in [0.29, 0.717) is 22.2 Å². The van der Waals surface area contributed by atoms with Gasteiger partial charge in [-0.15, -0.1) is 0 Å². The summed E-state index contributed by atoms with van der Waals surface area (Å²) in [5.74, 6) is -0.350. The summed E-state index contributed by atoms with van der Waals surface area (Å²) in [5.41, 5.74) is 3.31. The summed E-state index contributed by atoms with van der Waals surface area (Å²) in [6.45, 7) is 5.51. The number of hydrogen-bond donors (Lipinski definition) is 2. The zero-order valence-electron chi connectivity index (χ0n) is 17.4. The van der Waals surface area contributed by atoms with Crippen molar-refractivity contribution in [1.82, 2.24) is 10.7 Å². The summed E-state index contributed by atoms with van der Waals surface area (Å²) < 4.78 is 6.53. The molecule has 0 aromatic heterocycles. The molecule has 2 rings (SSSR count). The number of hydrazone groups is 1. The largest absolute Gasteiger partial charge is 0.479 e. The maximum atomic E-state index is 12.6. The highest BCUT2D eigenvalue weighted by Gasteiger charge is 2.25. The van der Waals surface area contributed by atoms with Gasteiger partial charge in [0.15, 0.2) is 6.10 Å². The van der Waals surface area contributed by atoms with Crippen molar-refractivity contribution < 1.29 is 14.3 Å². The van der Waals surface area contributed by atoms with Crippen LogP contribution in [-0.2, 0) is 9.59 Å². The highest BCUT2D eigenvalue weighted by molar-refractivity contribution is 9.10. The lowest BCUT2D eigenvalue weighted by molar-refractivity contribution is -0.132. The monoisotopic (exact) mass is 527 g/mol. The summed E-state index contributed by atoms with van der Waals surface area (Å²) in [4.78, 5) is 25.2. The molecule has 0 aliphatic carbocycles. The fourth-order valence-corrected chi connectivity index (χ4v) is 3.51. The molecule has 0 fully saturated rings. The number of amides is 2. The third-order valence-corrected chi connectivity index (χ3v) is 5.17. The second-order valence-electron chi connectivity index (χ2n) is 7.31. The molecule has 0 heterocycles. The first kappa shape index (κ1) is 25.2. The van der Waals surface area contributed by atoms with Crippen LogP contribution in [0.15, 0.2) is 52.0 Å². The molecular formula is C22H24BrCl2N3O3. The van der Waals surface area contributed by atoms with Crippen molar-refractivity contribution in [2.45, 2.75) is 39.3 Å². The second kappa shape index (κ2) is 12.1. The summed E-state index contributed by atoms with van der Waals surface area (Å²) in [5, 5.41) is 7.48. The average molecular weight is 529 g/mol. The minimum atomic E-state index is -0.869. The van der Waals surface area contributed by atoms with Crippen LogP contribution < -0.4 is 15.5 Å². The lowest BCUT2D eigenvalue weighted by Gasteiger charge is -2.22. The Kier molecular flexibility index (Phi) is 9.81. The van der Waals surface area contributed by atoms with Crippen molar-refractivity contribution in [1.29, 1.82) is 0 Å². The highest BCUT2D eigenvalue weighted by atomic mass is 79.9. The number of carbonyl (C=O) groups is 2. The molecule has 2 aromatic carbocycles. The van der Waals surface area contributed by atoms with Crippen LogP contribution in [0.5, 0.6) is 5.75 Å². The van der Waals surface area contributed by atoms with E-state index in [9.17, 15) is 9.59 Å². The van der Waals surface area contributed by atoms with Crippen molar-refractivity contribution in [2.24, 2.45) is 11.0 Å². The summed E-state index contributed by atoms with van der Waals surface area (Å²) in [6.07, 6.45) is 1.11. The number of rotatable bonds is 9. The van der Waals surface area contributed by atoms with Crippen molar-refractivity contribution in [3.63, 3.8) is 0 Å². The molecule has 0 bridgehead atoms. The van der Waals surface area contributed by atoms with Gasteiger partial charge >= 0.3 is 0 Å². The molecule has 166 valence electrons. The predicted octanol–water partition coefficient (Wildman–Crippen LogP) is 5.20. The first-order valence-electron chi connectivity index (χ1n) is 9.66. The number of carbonyl (C=O) groups excluding carboxylic acids is 2. The molecule has 2 atom stereocenters. The zero-order chi connectivity index (χ0) is 23.0. The van der Waals surface area contributed by atoms with E-state index in [-0.39, 0.29) is 5.92 Å². The minimum absolute atomic E-state index is 0.173. The van der Waals surface area contributed by atoms with Crippen LogP contribution in [0, 0.1) is 5.92 Å². The van der Waals surface area contributed by atoms with Crippen molar-refractivity contribution in [3.05, 3.63) is 62.5 Å². The van der Waals surface area contributed by atoms with E-state index in [1.165, 1.54) is 12.3 Å². The van der Waals surface area contributed by atoms with Crippen molar-refractivity contribution in [3.8, 4) is 5.75 Å². The van der Waals surface area contributed by atoms with Gasteiger partial charge in [0.25, 0.3) is 11.8 Å². The van der Waals surface area contributed by atoms with Crippen LogP contribution in [0.1, 0.15) is 32.8 Å². The molecular weight excluding hydrogens is 505 g/mol. The molecule has 0 unspecified atom stereocenters. The summed E-state index contributed by atoms with van der Waals surface area (Å²) in [6, 6.07) is 11.4. The van der Waals surface area contributed by atoms with Gasteiger partial charge in [-0.25, -0.2) is 5.43 Å². The quantitative estimate of drug-likeness (QED) is 0.346. The van der Waals surface area contributed by atoms with Gasteiger partial charge in [0, 0.05) is 9.50 Å². The van der Waals surface area contributed by atoms with Crippen molar-refractivity contribution >= 4 is 57.2 Å². The molecule has 2 aromatic rings. The van der Waals surface area contributed by atoms with Gasteiger partial charge in [0.1, 0.15) is 11.8 Å². The zero-order valence-corrected chi connectivity index (χ0v) is 20.5. The fourth-order valence-electron chi connectivity index (χ4n) is 2.64. The molecule has 9 heteroatoms. The number of nitrogens with one attached hydrogen (secondary N) is 2. The third kappa shape index (κ3) is 8.51. The minimum Gasteiger partial charge on any atom is -0.479 e.